The number of carbonyl (C=O) groups is 1. The first-order valence-electron chi connectivity index (χ1n) is 10.6. The minimum absolute atomic E-state index is 0.0986. The molecule has 0 aromatic heterocycles. The molecule has 0 fully saturated rings. The number of rotatable bonds is 16. The Morgan fingerprint density at radius 1 is 0.731 bits per heavy atom. The van der Waals surface area contributed by atoms with Crippen molar-refractivity contribution in [3.05, 3.63) is 24.3 Å². The lowest BCUT2D eigenvalue weighted by Crippen LogP contribution is -2.11. The van der Waals surface area contributed by atoms with Gasteiger partial charge in [-0.3, -0.25) is 10.6 Å². The van der Waals surface area contributed by atoms with Gasteiger partial charge in [-0.25, -0.2) is 0 Å². The summed E-state index contributed by atoms with van der Waals surface area (Å²) in [7, 11) is 0. The quantitative estimate of drug-likeness (QED) is 0.181. The van der Waals surface area contributed by atoms with Crippen LogP contribution >= 0.6 is 0 Å². The summed E-state index contributed by atoms with van der Waals surface area (Å²) in [6.07, 6.45) is 17.8. The third kappa shape index (κ3) is 11.9. The average Bonchev–Trinajstić information content (AvgIpc) is 2.66. The van der Waals surface area contributed by atoms with Gasteiger partial charge in [-0.05, 0) is 30.7 Å². The molecule has 0 bridgehead atoms. The second kappa shape index (κ2) is 15.7. The maximum atomic E-state index is 11.9. The molecule has 1 amide bonds. The first kappa shape index (κ1) is 22.5. The van der Waals surface area contributed by atoms with Gasteiger partial charge in [0, 0.05) is 17.8 Å². The van der Waals surface area contributed by atoms with Crippen LogP contribution < -0.4 is 16.6 Å². The lowest BCUT2D eigenvalue weighted by Gasteiger charge is -2.06. The summed E-state index contributed by atoms with van der Waals surface area (Å²) in [5.74, 6) is 5.42. The topological polar surface area (TPSA) is 67.2 Å². The molecular formula is C22H39N3O. The Morgan fingerprint density at radius 2 is 1.15 bits per heavy atom. The van der Waals surface area contributed by atoms with E-state index in [1.165, 1.54) is 70.6 Å². The fraction of sp³-hybridized carbons (Fsp3) is 0.682. The molecule has 0 heterocycles. The monoisotopic (exact) mass is 361 g/mol. The summed E-state index contributed by atoms with van der Waals surface area (Å²) in [4.78, 5) is 11.9. The molecule has 0 unspecified atom stereocenters. The van der Waals surface area contributed by atoms with Gasteiger partial charge in [-0.15, -0.1) is 0 Å². The summed E-state index contributed by atoms with van der Waals surface area (Å²) in [6, 6.07) is 7.41. The van der Waals surface area contributed by atoms with Crippen LogP contribution in [0.4, 0.5) is 11.4 Å². The predicted molar refractivity (Wildman–Crippen MR) is 113 cm³/mol. The molecule has 0 aliphatic rings. The standard InChI is InChI=1S/C22H39N3O/c1-2-3-4-5-6-7-8-9-10-11-12-13-14-15-22(26)24-20-16-18-21(25-23)19-17-20/h16-19,25H,2-15,23H2,1H3,(H,24,26). The maximum absolute atomic E-state index is 11.9. The van der Waals surface area contributed by atoms with Crippen LogP contribution in [-0.4, -0.2) is 5.91 Å². The number of hydrogen-bond donors (Lipinski definition) is 3. The normalized spacial score (nSPS) is 10.7. The molecule has 0 aliphatic heterocycles. The number of amides is 1. The minimum Gasteiger partial charge on any atom is -0.326 e. The summed E-state index contributed by atoms with van der Waals surface area (Å²) in [6.45, 7) is 2.27. The van der Waals surface area contributed by atoms with E-state index in [-0.39, 0.29) is 5.91 Å². The molecule has 4 heteroatoms. The van der Waals surface area contributed by atoms with Crippen molar-refractivity contribution in [2.75, 3.05) is 10.7 Å². The van der Waals surface area contributed by atoms with Crippen LogP contribution in [0.5, 0.6) is 0 Å². The first-order valence-corrected chi connectivity index (χ1v) is 10.6. The highest BCUT2D eigenvalue weighted by Gasteiger charge is 2.02. The number of benzene rings is 1. The molecule has 4 nitrogen and oxygen atoms in total. The van der Waals surface area contributed by atoms with Crippen molar-refractivity contribution < 1.29 is 4.79 Å². The second-order valence-corrected chi connectivity index (χ2v) is 7.26. The van der Waals surface area contributed by atoms with Crippen LogP contribution in [0.3, 0.4) is 0 Å². The van der Waals surface area contributed by atoms with Gasteiger partial charge >= 0.3 is 0 Å². The number of nitrogen functional groups attached to an aromatic ring is 1. The van der Waals surface area contributed by atoms with Crippen LogP contribution in [0.15, 0.2) is 24.3 Å². The van der Waals surface area contributed by atoms with Gasteiger partial charge in [0.2, 0.25) is 5.91 Å². The Morgan fingerprint density at radius 3 is 1.62 bits per heavy atom. The number of unbranched alkanes of at least 4 members (excludes halogenated alkanes) is 12. The van der Waals surface area contributed by atoms with Crippen molar-refractivity contribution in [2.24, 2.45) is 5.84 Å². The third-order valence-corrected chi connectivity index (χ3v) is 4.84. The van der Waals surface area contributed by atoms with Gasteiger partial charge in [-0.2, -0.15) is 0 Å². The Hall–Kier alpha value is -1.55. The van der Waals surface area contributed by atoms with E-state index in [1.807, 2.05) is 24.3 Å². The van der Waals surface area contributed by atoms with E-state index in [1.54, 1.807) is 0 Å². The van der Waals surface area contributed by atoms with Crippen LogP contribution in [0.1, 0.15) is 96.8 Å². The number of hydrazine groups is 1. The van der Waals surface area contributed by atoms with Crippen molar-refractivity contribution in [1.82, 2.24) is 0 Å². The average molecular weight is 362 g/mol. The zero-order valence-corrected chi connectivity index (χ0v) is 16.7. The van der Waals surface area contributed by atoms with Crippen molar-refractivity contribution in [3.8, 4) is 0 Å². The number of nitrogens with two attached hydrogens (primary N) is 1. The van der Waals surface area contributed by atoms with Crippen molar-refractivity contribution >= 4 is 17.3 Å². The number of hydrogen-bond acceptors (Lipinski definition) is 3. The van der Waals surface area contributed by atoms with Gasteiger partial charge in [0.1, 0.15) is 0 Å². The first-order chi connectivity index (χ1) is 12.8. The van der Waals surface area contributed by atoms with Crippen LogP contribution in [0.25, 0.3) is 0 Å². The number of anilines is 2. The lowest BCUT2D eigenvalue weighted by molar-refractivity contribution is -0.116. The van der Waals surface area contributed by atoms with Crippen LogP contribution in [0.2, 0.25) is 0 Å². The minimum atomic E-state index is 0.0986. The molecule has 0 spiro atoms. The molecule has 1 aromatic carbocycles. The Labute approximate surface area is 160 Å². The Balaban J connectivity index is 1.88. The van der Waals surface area contributed by atoms with Crippen LogP contribution in [0, 0.1) is 0 Å². The molecule has 0 saturated carbocycles. The summed E-state index contributed by atoms with van der Waals surface area (Å²) in [5, 5.41) is 2.93. The van der Waals surface area contributed by atoms with E-state index in [0.717, 1.165) is 24.2 Å². The van der Waals surface area contributed by atoms with E-state index in [9.17, 15) is 4.79 Å². The van der Waals surface area contributed by atoms with Crippen LogP contribution in [-0.2, 0) is 4.79 Å². The Bertz CT molecular complexity index is 459. The third-order valence-electron chi connectivity index (χ3n) is 4.84. The zero-order chi connectivity index (χ0) is 18.9. The highest BCUT2D eigenvalue weighted by Crippen LogP contribution is 2.15. The number of carbonyl (C=O) groups excluding carboxylic acids is 1. The summed E-state index contributed by atoms with van der Waals surface area (Å²) in [5.41, 5.74) is 4.23. The molecule has 1 rings (SSSR count). The van der Waals surface area contributed by atoms with Gasteiger partial charge in [-0.1, -0.05) is 84.0 Å². The van der Waals surface area contributed by atoms with Gasteiger partial charge in [0.05, 0.1) is 0 Å². The molecule has 0 aliphatic carbocycles. The predicted octanol–water partition coefficient (Wildman–Crippen LogP) is 6.39. The lowest BCUT2D eigenvalue weighted by atomic mass is 10.0. The SMILES string of the molecule is CCCCCCCCCCCCCCCC(=O)Nc1ccc(NN)cc1. The smallest absolute Gasteiger partial charge is 0.224 e. The highest BCUT2D eigenvalue weighted by atomic mass is 16.1. The fourth-order valence-electron chi connectivity index (χ4n) is 3.18. The summed E-state index contributed by atoms with van der Waals surface area (Å²) >= 11 is 0. The van der Waals surface area contributed by atoms with E-state index in [4.69, 9.17) is 5.84 Å². The molecule has 1 aromatic rings. The summed E-state index contributed by atoms with van der Waals surface area (Å²) < 4.78 is 0. The van der Waals surface area contributed by atoms with E-state index in [2.05, 4.69) is 17.7 Å². The van der Waals surface area contributed by atoms with Gasteiger partial charge in [0.15, 0.2) is 0 Å². The number of nitrogens with one attached hydrogen (secondary N) is 2. The highest BCUT2D eigenvalue weighted by molar-refractivity contribution is 5.90. The molecule has 4 N–H and O–H groups in total. The molecule has 0 atom stereocenters. The van der Waals surface area contributed by atoms with Crippen molar-refractivity contribution in [3.63, 3.8) is 0 Å². The van der Waals surface area contributed by atoms with Crippen molar-refractivity contribution in [2.45, 2.75) is 96.8 Å². The zero-order valence-electron chi connectivity index (χ0n) is 16.7. The molecule has 0 saturated heterocycles. The largest absolute Gasteiger partial charge is 0.326 e. The molecule has 26 heavy (non-hydrogen) atoms. The molecular weight excluding hydrogens is 322 g/mol. The van der Waals surface area contributed by atoms with Gasteiger partial charge < -0.3 is 10.7 Å². The van der Waals surface area contributed by atoms with E-state index >= 15 is 0 Å². The van der Waals surface area contributed by atoms with Crippen molar-refractivity contribution in [1.29, 1.82) is 0 Å². The molecule has 148 valence electrons. The maximum Gasteiger partial charge on any atom is 0.224 e. The van der Waals surface area contributed by atoms with Gasteiger partial charge in [0.25, 0.3) is 0 Å². The Kier molecular flexibility index (Phi) is 13.6. The molecule has 0 radical (unpaired) electrons. The van der Waals surface area contributed by atoms with E-state index < -0.39 is 0 Å². The van der Waals surface area contributed by atoms with E-state index in [0.29, 0.717) is 6.42 Å². The fourth-order valence-corrected chi connectivity index (χ4v) is 3.18. The second-order valence-electron chi connectivity index (χ2n) is 7.26.